The van der Waals surface area contributed by atoms with Crippen molar-refractivity contribution in [2.75, 3.05) is 0 Å². The fourth-order valence-electron chi connectivity index (χ4n) is 2.22. The third-order valence-corrected chi connectivity index (χ3v) is 3.20. The van der Waals surface area contributed by atoms with Crippen LogP contribution in [0.2, 0.25) is 0 Å². The number of benzene rings is 1. The van der Waals surface area contributed by atoms with Crippen molar-refractivity contribution in [2.45, 2.75) is 12.8 Å². The van der Waals surface area contributed by atoms with Crippen molar-refractivity contribution in [1.29, 1.82) is 0 Å². The van der Waals surface area contributed by atoms with Crippen LogP contribution in [0.4, 0.5) is 4.39 Å². The van der Waals surface area contributed by atoms with Gasteiger partial charge in [0.25, 0.3) is 0 Å². The van der Waals surface area contributed by atoms with Crippen molar-refractivity contribution in [1.82, 2.24) is 15.0 Å². The molecule has 0 saturated heterocycles. The minimum atomic E-state index is -1.19. The molecule has 0 aliphatic rings. The van der Waals surface area contributed by atoms with Crippen LogP contribution in [0.5, 0.6) is 0 Å². The number of H-pyrrole nitrogens is 1. The molecule has 1 aromatic carbocycles. The molecule has 3 rings (SSSR count). The number of pyridine rings is 1. The van der Waals surface area contributed by atoms with Crippen molar-refractivity contribution < 1.29 is 14.3 Å². The zero-order valence-corrected chi connectivity index (χ0v) is 11.0. The van der Waals surface area contributed by atoms with Gasteiger partial charge in [0, 0.05) is 18.8 Å². The molecule has 0 radical (unpaired) electrons. The summed E-state index contributed by atoms with van der Waals surface area (Å²) in [5.41, 5.74) is 1.61. The van der Waals surface area contributed by atoms with E-state index in [1.165, 1.54) is 6.07 Å². The van der Waals surface area contributed by atoms with E-state index in [2.05, 4.69) is 15.0 Å². The molecule has 0 fully saturated rings. The van der Waals surface area contributed by atoms with Crippen LogP contribution in [0.25, 0.3) is 11.0 Å². The van der Waals surface area contributed by atoms with E-state index in [1.54, 1.807) is 12.4 Å². The first-order valence-electron chi connectivity index (χ1n) is 6.44. The molecule has 0 amide bonds. The molecule has 0 unspecified atom stereocenters. The maximum absolute atomic E-state index is 13.4. The first-order valence-corrected chi connectivity index (χ1v) is 6.44. The van der Waals surface area contributed by atoms with E-state index in [-0.39, 0.29) is 11.1 Å². The van der Waals surface area contributed by atoms with E-state index in [0.29, 0.717) is 17.8 Å². The lowest BCUT2D eigenvalue weighted by Gasteiger charge is -1.97. The number of carboxylic acid groups (broad SMARTS) is 1. The van der Waals surface area contributed by atoms with Crippen LogP contribution in [0.1, 0.15) is 21.7 Å². The molecule has 5 nitrogen and oxygen atoms in total. The number of hydrogen-bond donors (Lipinski definition) is 2. The van der Waals surface area contributed by atoms with Gasteiger partial charge in [-0.3, -0.25) is 4.98 Å². The van der Waals surface area contributed by atoms with Gasteiger partial charge in [-0.05, 0) is 30.2 Å². The van der Waals surface area contributed by atoms with Crippen LogP contribution in [0.3, 0.4) is 0 Å². The first-order chi connectivity index (χ1) is 10.1. The van der Waals surface area contributed by atoms with Gasteiger partial charge in [-0.1, -0.05) is 6.07 Å². The minimum absolute atomic E-state index is 0.131. The lowest BCUT2D eigenvalue weighted by molar-refractivity contribution is 0.0698. The van der Waals surface area contributed by atoms with Crippen LogP contribution in [0.15, 0.2) is 36.7 Å². The van der Waals surface area contributed by atoms with Crippen LogP contribution in [-0.2, 0) is 12.8 Å². The number of halogens is 1. The van der Waals surface area contributed by atoms with Gasteiger partial charge in [-0.25, -0.2) is 14.2 Å². The van der Waals surface area contributed by atoms with Gasteiger partial charge in [-0.2, -0.15) is 0 Å². The van der Waals surface area contributed by atoms with Crippen molar-refractivity contribution in [3.8, 4) is 0 Å². The Balaban J connectivity index is 1.90. The SMILES string of the molecule is O=C(O)c1cc(F)cc2[nH]c(CCc3cccnc3)nc12. The fourth-order valence-corrected chi connectivity index (χ4v) is 2.22. The van der Waals surface area contributed by atoms with Crippen molar-refractivity contribution in [3.05, 3.63) is 59.4 Å². The maximum Gasteiger partial charge on any atom is 0.338 e. The summed E-state index contributed by atoms with van der Waals surface area (Å²) in [5.74, 6) is -1.16. The van der Waals surface area contributed by atoms with Gasteiger partial charge < -0.3 is 10.1 Å². The molecule has 106 valence electrons. The number of rotatable bonds is 4. The number of aryl methyl sites for hydroxylation is 2. The van der Waals surface area contributed by atoms with E-state index >= 15 is 0 Å². The molecule has 2 aromatic heterocycles. The van der Waals surface area contributed by atoms with Crippen LogP contribution in [0, 0.1) is 5.82 Å². The molecule has 0 aliphatic heterocycles. The number of aromatic carboxylic acids is 1. The quantitative estimate of drug-likeness (QED) is 0.772. The normalized spacial score (nSPS) is 10.9. The highest BCUT2D eigenvalue weighted by molar-refractivity contribution is 6.00. The molecular weight excluding hydrogens is 273 g/mol. The van der Waals surface area contributed by atoms with Crippen LogP contribution < -0.4 is 0 Å². The van der Waals surface area contributed by atoms with Gasteiger partial charge in [0.15, 0.2) is 0 Å². The number of hydrogen-bond acceptors (Lipinski definition) is 3. The Morgan fingerprint density at radius 1 is 1.33 bits per heavy atom. The Morgan fingerprint density at radius 2 is 2.19 bits per heavy atom. The molecule has 0 atom stereocenters. The van der Waals surface area contributed by atoms with Crippen molar-refractivity contribution in [2.24, 2.45) is 0 Å². The highest BCUT2D eigenvalue weighted by Crippen LogP contribution is 2.19. The highest BCUT2D eigenvalue weighted by Gasteiger charge is 2.14. The molecule has 0 aliphatic carbocycles. The molecule has 0 spiro atoms. The zero-order chi connectivity index (χ0) is 14.8. The number of fused-ring (bicyclic) bond motifs is 1. The maximum atomic E-state index is 13.4. The van der Waals surface area contributed by atoms with Gasteiger partial charge in [0.1, 0.15) is 17.2 Å². The largest absolute Gasteiger partial charge is 0.478 e. The summed E-state index contributed by atoms with van der Waals surface area (Å²) < 4.78 is 13.4. The number of aromatic amines is 1. The molecule has 0 saturated carbocycles. The number of nitrogens with one attached hydrogen (secondary N) is 1. The summed E-state index contributed by atoms with van der Waals surface area (Å²) in [6.45, 7) is 0. The Kier molecular flexibility index (Phi) is 3.35. The predicted molar refractivity (Wildman–Crippen MR) is 74.7 cm³/mol. The van der Waals surface area contributed by atoms with Crippen LogP contribution >= 0.6 is 0 Å². The monoisotopic (exact) mass is 285 g/mol. The van der Waals surface area contributed by atoms with Crippen LogP contribution in [-0.4, -0.2) is 26.0 Å². The number of carbonyl (C=O) groups is 1. The highest BCUT2D eigenvalue weighted by atomic mass is 19.1. The third kappa shape index (κ3) is 2.74. The second kappa shape index (κ2) is 5.32. The molecule has 2 N–H and O–H groups in total. The number of aromatic nitrogens is 3. The van der Waals surface area contributed by atoms with Gasteiger partial charge in [0.2, 0.25) is 0 Å². The van der Waals surface area contributed by atoms with E-state index < -0.39 is 11.8 Å². The Labute approximate surface area is 119 Å². The third-order valence-electron chi connectivity index (χ3n) is 3.20. The molecule has 21 heavy (non-hydrogen) atoms. The summed E-state index contributed by atoms with van der Waals surface area (Å²) in [6.07, 6.45) is 4.79. The minimum Gasteiger partial charge on any atom is -0.478 e. The smallest absolute Gasteiger partial charge is 0.338 e. The fraction of sp³-hybridized carbons (Fsp3) is 0.133. The van der Waals surface area contributed by atoms with Gasteiger partial charge in [-0.15, -0.1) is 0 Å². The van der Waals surface area contributed by atoms with Crippen molar-refractivity contribution >= 4 is 17.0 Å². The summed E-state index contributed by atoms with van der Waals surface area (Å²) in [7, 11) is 0. The average molecular weight is 285 g/mol. The first kappa shape index (κ1) is 13.2. The van der Waals surface area contributed by atoms with Gasteiger partial charge in [0.05, 0.1) is 11.1 Å². The Bertz CT molecular complexity index is 799. The Hall–Kier alpha value is -2.76. The molecular formula is C15H12FN3O2. The number of imidazole rings is 1. The summed E-state index contributed by atoms with van der Waals surface area (Å²) in [6, 6.07) is 6.04. The molecule has 3 aromatic rings. The molecule has 0 bridgehead atoms. The van der Waals surface area contributed by atoms with E-state index in [1.807, 2.05) is 12.1 Å². The summed E-state index contributed by atoms with van der Waals surface area (Å²) in [4.78, 5) is 22.4. The van der Waals surface area contributed by atoms with Crippen molar-refractivity contribution in [3.63, 3.8) is 0 Å². The van der Waals surface area contributed by atoms with E-state index in [4.69, 9.17) is 5.11 Å². The second-order valence-corrected chi connectivity index (χ2v) is 4.70. The average Bonchev–Trinajstić information content (AvgIpc) is 2.87. The second-order valence-electron chi connectivity index (χ2n) is 4.70. The van der Waals surface area contributed by atoms with Gasteiger partial charge >= 0.3 is 5.97 Å². The van der Waals surface area contributed by atoms with E-state index in [9.17, 15) is 9.18 Å². The topological polar surface area (TPSA) is 78.9 Å². The zero-order valence-electron chi connectivity index (χ0n) is 11.0. The Morgan fingerprint density at radius 3 is 2.90 bits per heavy atom. The number of carboxylic acids is 1. The molecule has 2 heterocycles. The van der Waals surface area contributed by atoms with E-state index in [0.717, 1.165) is 18.1 Å². The summed E-state index contributed by atoms with van der Waals surface area (Å²) in [5, 5.41) is 9.10. The lowest BCUT2D eigenvalue weighted by Crippen LogP contribution is -1.98. The summed E-state index contributed by atoms with van der Waals surface area (Å²) >= 11 is 0. The predicted octanol–water partition coefficient (Wildman–Crippen LogP) is 2.58. The standard InChI is InChI=1S/C15H12FN3O2/c16-10-6-11(15(20)21)14-12(7-10)18-13(19-14)4-3-9-2-1-5-17-8-9/h1-2,5-8H,3-4H2,(H,18,19)(H,20,21). The molecule has 6 heteroatoms. The lowest BCUT2D eigenvalue weighted by atomic mass is 10.1. The number of nitrogens with zero attached hydrogens (tertiary/aromatic N) is 2.